The number of carbonyl (C=O) groups excluding carboxylic acids is 1. The van der Waals surface area contributed by atoms with Gasteiger partial charge in [0.1, 0.15) is 24.4 Å². The van der Waals surface area contributed by atoms with Crippen LogP contribution < -0.4 is 5.32 Å². The van der Waals surface area contributed by atoms with Crippen molar-refractivity contribution in [3.8, 4) is 0 Å². The summed E-state index contributed by atoms with van der Waals surface area (Å²) in [7, 11) is 0. The summed E-state index contributed by atoms with van der Waals surface area (Å²) in [5.74, 6) is -0.184. The molecule has 0 spiro atoms. The van der Waals surface area contributed by atoms with E-state index >= 15 is 0 Å². The largest absolute Gasteiger partial charge is 0.394 e. The van der Waals surface area contributed by atoms with Crippen molar-refractivity contribution in [3.05, 3.63) is 122 Å². The molecular formula is C68H115NO8. The lowest BCUT2D eigenvalue weighted by Gasteiger charge is -2.40. The third-order valence-electron chi connectivity index (χ3n) is 14.0. The third kappa shape index (κ3) is 45.1. The summed E-state index contributed by atoms with van der Waals surface area (Å²) in [6, 6.07) is -0.814. The van der Waals surface area contributed by atoms with Gasteiger partial charge in [0.25, 0.3) is 0 Å². The lowest BCUT2D eigenvalue weighted by Crippen LogP contribution is -2.60. The molecule has 440 valence electrons. The van der Waals surface area contributed by atoms with Gasteiger partial charge >= 0.3 is 0 Å². The molecule has 1 rings (SSSR count). The molecule has 1 saturated heterocycles. The van der Waals surface area contributed by atoms with Crippen LogP contribution in [0.4, 0.5) is 0 Å². The summed E-state index contributed by atoms with van der Waals surface area (Å²) < 4.78 is 11.3. The molecule has 1 amide bonds. The summed E-state index contributed by atoms with van der Waals surface area (Å²) in [5, 5.41) is 54.5. The van der Waals surface area contributed by atoms with E-state index in [1.54, 1.807) is 6.08 Å². The van der Waals surface area contributed by atoms with Gasteiger partial charge in [-0.15, -0.1) is 0 Å². The van der Waals surface area contributed by atoms with Gasteiger partial charge in [-0.3, -0.25) is 4.79 Å². The van der Waals surface area contributed by atoms with Gasteiger partial charge in [-0.25, -0.2) is 0 Å². The van der Waals surface area contributed by atoms with Crippen LogP contribution in [-0.4, -0.2) is 87.5 Å². The maximum absolute atomic E-state index is 13.1. The first-order valence-electron chi connectivity index (χ1n) is 31.3. The van der Waals surface area contributed by atoms with Crippen molar-refractivity contribution in [1.29, 1.82) is 0 Å². The average molecular weight is 1070 g/mol. The number of aliphatic hydroxyl groups is 5. The molecule has 1 aliphatic rings. The number of nitrogens with one attached hydrogen (secondary N) is 1. The van der Waals surface area contributed by atoms with E-state index in [9.17, 15) is 30.3 Å². The molecule has 0 bridgehead atoms. The first kappa shape index (κ1) is 71.6. The van der Waals surface area contributed by atoms with Crippen molar-refractivity contribution in [3.63, 3.8) is 0 Å². The fraction of sp³-hybridized carbons (Fsp3) is 0.691. The van der Waals surface area contributed by atoms with Gasteiger partial charge in [-0.1, -0.05) is 270 Å². The molecule has 9 heteroatoms. The number of hydrogen-bond donors (Lipinski definition) is 6. The second-order valence-corrected chi connectivity index (χ2v) is 21.1. The Morgan fingerprint density at radius 1 is 0.455 bits per heavy atom. The van der Waals surface area contributed by atoms with Gasteiger partial charge in [0.15, 0.2) is 6.29 Å². The van der Waals surface area contributed by atoms with Crippen LogP contribution in [0, 0.1) is 0 Å². The van der Waals surface area contributed by atoms with Crippen molar-refractivity contribution >= 4 is 5.91 Å². The van der Waals surface area contributed by atoms with Gasteiger partial charge in [0.05, 0.1) is 25.4 Å². The number of rotatable bonds is 52. The number of carbonyl (C=O) groups is 1. The minimum atomic E-state index is -1.57. The summed E-state index contributed by atoms with van der Waals surface area (Å²) in [6.07, 6.45) is 77.0. The molecule has 1 aliphatic heterocycles. The Hall–Kier alpha value is -3.41. The average Bonchev–Trinajstić information content (AvgIpc) is 3.43. The standard InChI is InChI=1S/C68H115NO8/c1-3-5-7-9-11-13-15-17-19-20-21-22-23-24-25-26-27-28-29-30-31-32-33-34-35-36-37-38-39-40-41-42-44-46-48-50-52-54-56-58-64(72)69-61(60-76-68-67(75)66(74)65(73)63(59-70)77-68)62(71)57-55-53-51-49-47-45-43-18-16-14-12-10-8-6-4-2/h5,7,11,13,17,19,21-22,24-25,27-28,30-31,33-34,36-37,55,57,61-63,65-68,70-71,73-75H,3-4,6,8-10,12,14-16,18,20,23,26,29,32,35,38-54,56,58-60H2,1-2H3,(H,69,72)/b7-5-,13-11-,19-17-,22-21-,25-24-,28-27-,31-30-,34-33-,37-36-,57-55+. The quantitative estimate of drug-likeness (QED) is 0.0261. The highest BCUT2D eigenvalue weighted by atomic mass is 16.7. The zero-order valence-corrected chi connectivity index (χ0v) is 48.9. The molecule has 1 heterocycles. The molecule has 0 aromatic heterocycles. The molecule has 6 N–H and O–H groups in total. The van der Waals surface area contributed by atoms with Gasteiger partial charge < -0.3 is 40.3 Å². The van der Waals surface area contributed by atoms with E-state index in [-0.39, 0.29) is 12.5 Å². The van der Waals surface area contributed by atoms with Crippen LogP contribution in [0.5, 0.6) is 0 Å². The van der Waals surface area contributed by atoms with E-state index in [0.29, 0.717) is 6.42 Å². The Morgan fingerprint density at radius 2 is 0.805 bits per heavy atom. The van der Waals surface area contributed by atoms with Crippen LogP contribution >= 0.6 is 0 Å². The normalized spacial score (nSPS) is 19.6. The summed E-state index contributed by atoms with van der Waals surface area (Å²) in [6.45, 7) is 3.66. The lowest BCUT2D eigenvalue weighted by atomic mass is 9.99. The predicted octanol–water partition coefficient (Wildman–Crippen LogP) is 16.3. The number of amides is 1. The zero-order valence-electron chi connectivity index (χ0n) is 48.9. The van der Waals surface area contributed by atoms with Gasteiger partial charge in [0.2, 0.25) is 5.91 Å². The second kappa shape index (κ2) is 55.9. The van der Waals surface area contributed by atoms with Crippen LogP contribution in [0.1, 0.15) is 245 Å². The molecule has 7 atom stereocenters. The van der Waals surface area contributed by atoms with Gasteiger partial charge in [0, 0.05) is 6.42 Å². The smallest absolute Gasteiger partial charge is 0.220 e. The zero-order chi connectivity index (χ0) is 55.8. The Labute approximate surface area is 471 Å². The molecule has 0 radical (unpaired) electrons. The molecule has 1 fully saturated rings. The minimum absolute atomic E-state index is 0.184. The van der Waals surface area contributed by atoms with Crippen LogP contribution in [0.15, 0.2) is 122 Å². The third-order valence-corrected chi connectivity index (χ3v) is 14.0. The molecule has 0 aliphatic carbocycles. The summed E-state index contributed by atoms with van der Waals surface area (Å²) >= 11 is 0. The molecular weight excluding hydrogens is 959 g/mol. The monoisotopic (exact) mass is 1070 g/mol. The number of unbranched alkanes of at least 4 members (excludes halogenated alkanes) is 24. The highest BCUT2D eigenvalue weighted by Crippen LogP contribution is 2.23. The summed E-state index contributed by atoms with van der Waals surface area (Å²) in [4.78, 5) is 13.1. The highest BCUT2D eigenvalue weighted by molar-refractivity contribution is 5.76. The maximum atomic E-state index is 13.1. The fourth-order valence-electron chi connectivity index (χ4n) is 9.15. The Kier molecular flexibility index (Phi) is 52.0. The van der Waals surface area contributed by atoms with Gasteiger partial charge in [-0.05, 0) is 89.9 Å². The lowest BCUT2D eigenvalue weighted by molar-refractivity contribution is -0.302. The van der Waals surface area contributed by atoms with E-state index in [1.807, 2.05) is 6.08 Å². The molecule has 7 unspecified atom stereocenters. The van der Waals surface area contributed by atoms with Crippen molar-refractivity contribution in [1.82, 2.24) is 5.32 Å². The fourth-order valence-corrected chi connectivity index (χ4v) is 9.15. The van der Waals surface area contributed by atoms with Crippen LogP contribution in [-0.2, 0) is 14.3 Å². The number of aliphatic hydroxyl groups excluding tert-OH is 5. The van der Waals surface area contributed by atoms with Crippen molar-refractivity contribution < 1.29 is 39.8 Å². The Balaban J connectivity index is 2.14. The van der Waals surface area contributed by atoms with Crippen LogP contribution in [0.25, 0.3) is 0 Å². The van der Waals surface area contributed by atoms with Crippen molar-refractivity contribution in [2.75, 3.05) is 13.2 Å². The Morgan fingerprint density at radius 3 is 1.19 bits per heavy atom. The number of ether oxygens (including phenoxy) is 2. The SMILES string of the molecule is CC/C=C\C/C=C\C/C=C\C/C=C\C/C=C\C/C=C\C/C=C\C/C=C\C/C=C\CCCCCCCCCCCCCC(=O)NC(COC1OC(CO)C(O)C(O)C1O)C(O)/C=C/CCCCCCCCCCCCCCC. The first-order valence-corrected chi connectivity index (χ1v) is 31.3. The Bertz CT molecular complexity index is 1620. The van der Waals surface area contributed by atoms with E-state index < -0.39 is 49.5 Å². The summed E-state index contributed by atoms with van der Waals surface area (Å²) in [5.41, 5.74) is 0. The second-order valence-electron chi connectivity index (χ2n) is 21.1. The first-order chi connectivity index (χ1) is 37.8. The van der Waals surface area contributed by atoms with E-state index in [1.165, 1.54) is 122 Å². The van der Waals surface area contributed by atoms with Crippen molar-refractivity contribution in [2.45, 2.75) is 288 Å². The molecule has 9 nitrogen and oxygen atoms in total. The van der Waals surface area contributed by atoms with Gasteiger partial charge in [-0.2, -0.15) is 0 Å². The minimum Gasteiger partial charge on any atom is -0.394 e. The van der Waals surface area contributed by atoms with Crippen molar-refractivity contribution in [2.24, 2.45) is 0 Å². The predicted molar refractivity (Wildman–Crippen MR) is 327 cm³/mol. The number of hydrogen-bond acceptors (Lipinski definition) is 8. The van der Waals surface area contributed by atoms with E-state index in [4.69, 9.17) is 9.47 Å². The molecule has 0 aromatic carbocycles. The number of allylic oxidation sites excluding steroid dienone is 19. The van der Waals surface area contributed by atoms with Crippen LogP contribution in [0.3, 0.4) is 0 Å². The van der Waals surface area contributed by atoms with E-state index in [0.717, 1.165) is 103 Å². The molecule has 0 saturated carbocycles. The maximum Gasteiger partial charge on any atom is 0.220 e. The molecule has 0 aromatic rings. The van der Waals surface area contributed by atoms with Crippen LogP contribution in [0.2, 0.25) is 0 Å². The molecule has 77 heavy (non-hydrogen) atoms. The topological polar surface area (TPSA) is 149 Å². The van der Waals surface area contributed by atoms with E-state index in [2.05, 4.69) is 129 Å². The highest BCUT2D eigenvalue weighted by Gasteiger charge is 2.44.